The van der Waals surface area contributed by atoms with Crippen molar-refractivity contribution in [3.05, 3.63) is 53.9 Å². The van der Waals surface area contributed by atoms with E-state index in [1.165, 1.54) is 6.20 Å². The number of likely N-dealkylation sites (tertiary alicyclic amines) is 1. The van der Waals surface area contributed by atoms with Crippen molar-refractivity contribution >= 4 is 33.2 Å². The minimum atomic E-state index is -3.36. The van der Waals surface area contributed by atoms with Gasteiger partial charge in [-0.25, -0.2) is 8.42 Å². The van der Waals surface area contributed by atoms with Crippen LogP contribution in [-0.4, -0.2) is 42.9 Å². The number of piperidine rings is 1. The number of benzene rings is 1. The van der Waals surface area contributed by atoms with E-state index in [1.807, 2.05) is 6.92 Å². The summed E-state index contributed by atoms with van der Waals surface area (Å²) in [7, 11) is -3.36. The van der Waals surface area contributed by atoms with Crippen LogP contribution < -0.4 is 10.0 Å². The highest BCUT2D eigenvalue weighted by Gasteiger charge is 2.34. The second-order valence-corrected chi connectivity index (χ2v) is 9.54. The fraction of sp³-hybridized carbons (Fsp3) is 0.381. The number of aromatic nitrogens is 1. The number of rotatable bonds is 4. The summed E-state index contributed by atoms with van der Waals surface area (Å²) in [5, 5.41) is 2.62. The Morgan fingerprint density at radius 2 is 1.73 bits per heavy atom. The number of aryl methyl sites for hydroxylation is 1. The number of nitrogens with zero attached hydrogens (tertiary/aromatic N) is 2. The van der Waals surface area contributed by atoms with Gasteiger partial charge in [-0.15, -0.1) is 0 Å². The summed E-state index contributed by atoms with van der Waals surface area (Å²) in [6, 6.07) is 10.1. The average Bonchev–Trinajstić information content (AvgIpc) is 2.68. The van der Waals surface area contributed by atoms with Crippen molar-refractivity contribution in [2.75, 3.05) is 22.8 Å². The Morgan fingerprint density at radius 3 is 2.33 bits per heavy atom. The third-order valence-electron chi connectivity index (χ3n) is 5.04. The molecule has 3 rings (SSSR count). The number of nitrogens with one attached hydrogen (secondary N) is 2. The first-order valence-electron chi connectivity index (χ1n) is 9.75. The first-order chi connectivity index (χ1) is 14.1. The van der Waals surface area contributed by atoms with Crippen LogP contribution in [0.3, 0.4) is 0 Å². The monoisotopic (exact) mass is 430 g/mol. The molecule has 1 aromatic heterocycles. The van der Waals surface area contributed by atoms with Crippen molar-refractivity contribution in [1.29, 1.82) is 0 Å². The highest BCUT2D eigenvalue weighted by Crippen LogP contribution is 2.34. The number of carbonyl (C=O) groups excluding carboxylic acids is 2. The van der Waals surface area contributed by atoms with Gasteiger partial charge in [-0.3, -0.25) is 19.3 Å². The van der Waals surface area contributed by atoms with Crippen molar-refractivity contribution in [2.24, 2.45) is 5.92 Å². The van der Waals surface area contributed by atoms with Crippen LogP contribution in [-0.2, 0) is 19.6 Å². The van der Waals surface area contributed by atoms with Crippen LogP contribution in [0, 0.1) is 12.8 Å². The largest absolute Gasteiger partial charge is 0.327 e. The molecule has 160 valence electrons. The fourth-order valence-corrected chi connectivity index (χ4v) is 4.13. The van der Waals surface area contributed by atoms with Crippen molar-refractivity contribution in [2.45, 2.75) is 32.7 Å². The van der Waals surface area contributed by atoms with E-state index in [2.05, 4.69) is 21.9 Å². The van der Waals surface area contributed by atoms with E-state index in [0.717, 1.165) is 30.4 Å². The topological polar surface area (TPSA) is 108 Å². The van der Waals surface area contributed by atoms with Crippen LogP contribution in [0.1, 0.15) is 37.1 Å². The molecule has 0 saturated carbocycles. The molecular formula is C21H26N4O4S. The number of sulfonamides is 1. The molecule has 9 heteroatoms. The van der Waals surface area contributed by atoms with Crippen LogP contribution in [0.25, 0.3) is 0 Å². The highest BCUT2D eigenvalue weighted by atomic mass is 32.2. The predicted octanol–water partition coefficient (Wildman–Crippen LogP) is 2.70. The Balaban J connectivity index is 1.77. The summed E-state index contributed by atoms with van der Waals surface area (Å²) >= 11 is 0. The zero-order valence-corrected chi connectivity index (χ0v) is 18.1. The molecule has 1 aliphatic rings. The molecule has 1 aliphatic heterocycles. The average molecular weight is 431 g/mol. The molecule has 1 aromatic carbocycles. The van der Waals surface area contributed by atoms with Gasteiger partial charge in [0, 0.05) is 17.9 Å². The zero-order valence-electron chi connectivity index (χ0n) is 17.3. The maximum atomic E-state index is 13.0. The Kier molecular flexibility index (Phi) is 6.40. The second-order valence-electron chi connectivity index (χ2n) is 7.79. The number of carbonyl (C=O) groups is 2. The highest BCUT2D eigenvalue weighted by molar-refractivity contribution is 7.92. The Hall–Kier alpha value is -2.94. The lowest BCUT2D eigenvalue weighted by Gasteiger charge is -2.38. The van der Waals surface area contributed by atoms with Gasteiger partial charge < -0.3 is 10.2 Å². The summed E-state index contributed by atoms with van der Waals surface area (Å²) in [4.78, 5) is 31.3. The fourth-order valence-electron chi connectivity index (χ4n) is 3.57. The molecule has 1 fully saturated rings. The summed E-state index contributed by atoms with van der Waals surface area (Å²) in [6.45, 7) is 4.37. The molecule has 0 aliphatic carbocycles. The third-order valence-corrected chi connectivity index (χ3v) is 5.65. The quantitative estimate of drug-likeness (QED) is 0.725. The number of anilines is 2. The van der Waals surface area contributed by atoms with Gasteiger partial charge in [0.1, 0.15) is 0 Å². The zero-order chi connectivity index (χ0) is 21.9. The first-order valence-corrected chi connectivity index (χ1v) is 11.6. The van der Waals surface area contributed by atoms with Crippen LogP contribution in [0.2, 0.25) is 0 Å². The van der Waals surface area contributed by atoms with Gasteiger partial charge in [0.2, 0.25) is 10.0 Å². The van der Waals surface area contributed by atoms with Crippen molar-refractivity contribution < 1.29 is 18.0 Å². The molecule has 1 saturated heterocycles. The molecule has 8 nitrogen and oxygen atoms in total. The van der Waals surface area contributed by atoms with Gasteiger partial charge in [0.15, 0.2) is 0 Å². The number of amides is 2. The van der Waals surface area contributed by atoms with Gasteiger partial charge >= 0.3 is 11.8 Å². The molecule has 0 spiro atoms. The molecule has 2 aromatic rings. The van der Waals surface area contributed by atoms with Crippen LogP contribution >= 0.6 is 0 Å². The SMILES string of the molecule is Cc1ccc(NC(=O)C(=O)N2C[C@H](C)CC[C@H]2c2ccc(NS(C)(=O)=O)cc2)cn1. The first kappa shape index (κ1) is 21.8. The number of hydrogen-bond donors (Lipinski definition) is 2. The molecule has 2 atom stereocenters. The lowest BCUT2D eigenvalue weighted by atomic mass is 9.89. The maximum Gasteiger partial charge on any atom is 0.313 e. The van der Waals surface area contributed by atoms with E-state index in [4.69, 9.17) is 0 Å². The van der Waals surface area contributed by atoms with Crippen molar-refractivity contribution in [1.82, 2.24) is 9.88 Å². The summed E-state index contributed by atoms with van der Waals surface area (Å²) in [5.41, 5.74) is 2.60. The molecule has 2 amide bonds. The standard InChI is InChI=1S/C21H26N4O4S/c1-14-4-11-19(16-6-9-17(10-7-16)24-30(3,28)29)25(13-14)21(27)20(26)23-18-8-5-15(2)22-12-18/h5-10,12,14,19,24H,4,11,13H2,1-3H3,(H,23,26)/t14-,19+/m1/s1. The van der Waals surface area contributed by atoms with Gasteiger partial charge in [-0.05, 0) is 55.5 Å². The number of pyridine rings is 1. The Morgan fingerprint density at radius 1 is 1.07 bits per heavy atom. The maximum absolute atomic E-state index is 13.0. The summed E-state index contributed by atoms with van der Waals surface area (Å²) in [6.07, 6.45) is 4.27. The van der Waals surface area contributed by atoms with Crippen LogP contribution in [0.5, 0.6) is 0 Å². The molecule has 2 N–H and O–H groups in total. The van der Waals surface area contributed by atoms with Crippen LogP contribution in [0.4, 0.5) is 11.4 Å². The van der Waals surface area contributed by atoms with Gasteiger partial charge in [0.05, 0.1) is 24.2 Å². The molecule has 0 radical (unpaired) electrons. The molecule has 30 heavy (non-hydrogen) atoms. The van der Waals surface area contributed by atoms with Crippen molar-refractivity contribution in [3.63, 3.8) is 0 Å². The minimum Gasteiger partial charge on any atom is -0.327 e. The van der Waals surface area contributed by atoms with Gasteiger partial charge in [-0.1, -0.05) is 19.1 Å². The van der Waals surface area contributed by atoms with E-state index in [0.29, 0.717) is 17.9 Å². The summed E-state index contributed by atoms with van der Waals surface area (Å²) < 4.78 is 25.2. The molecular weight excluding hydrogens is 404 g/mol. The predicted molar refractivity (Wildman–Crippen MR) is 115 cm³/mol. The molecule has 0 bridgehead atoms. The normalized spacial score (nSPS) is 19.2. The van der Waals surface area contributed by atoms with Gasteiger partial charge in [-0.2, -0.15) is 0 Å². The number of hydrogen-bond acceptors (Lipinski definition) is 5. The van der Waals surface area contributed by atoms with Crippen molar-refractivity contribution in [3.8, 4) is 0 Å². The lowest BCUT2D eigenvalue weighted by molar-refractivity contribution is -0.146. The minimum absolute atomic E-state index is 0.247. The molecule has 2 heterocycles. The third kappa shape index (κ3) is 5.56. The van der Waals surface area contributed by atoms with Gasteiger partial charge in [0.25, 0.3) is 0 Å². The Bertz CT molecular complexity index is 1020. The van der Waals surface area contributed by atoms with E-state index in [9.17, 15) is 18.0 Å². The van der Waals surface area contributed by atoms with E-state index in [1.54, 1.807) is 41.3 Å². The lowest BCUT2D eigenvalue weighted by Crippen LogP contribution is -2.46. The van der Waals surface area contributed by atoms with E-state index in [-0.39, 0.29) is 12.0 Å². The molecule has 0 unspecified atom stereocenters. The Labute approximate surface area is 176 Å². The van der Waals surface area contributed by atoms with E-state index >= 15 is 0 Å². The summed E-state index contributed by atoms with van der Waals surface area (Å²) in [5.74, 6) is -1.01. The smallest absolute Gasteiger partial charge is 0.313 e. The van der Waals surface area contributed by atoms with Crippen LogP contribution in [0.15, 0.2) is 42.6 Å². The van der Waals surface area contributed by atoms with E-state index < -0.39 is 21.8 Å². The second kappa shape index (κ2) is 8.83.